The first-order valence-corrected chi connectivity index (χ1v) is 8.86. The van der Waals surface area contributed by atoms with E-state index in [1.165, 1.54) is 6.07 Å². The largest absolute Gasteiger partial charge is 0.392 e. The second-order valence-electron chi connectivity index (χ2n) is 5.46. The molecule has 20 heavy (non-hydrogen) atoms. The average Bonchev–Trinajstić information content (AvgIpc) is 2.38. The molecule has 0 aliphatic heterocycles. The topological polar surface area (TPSA) is 66.4 Å². The number of hydrogen-bond acceptors (Lipinski definition) is 3. The van der Waals surface area contributed by atoms with Crippen molar-refractivity contribution in [1.82, 2.24) is 4.72 Å². The molecular formula is C14H22BrNO3S. The summed E-state index contributed by atoms with van der Waals surface area (Å²) in [5.41, 5.74) is 1.37. The summed E-state index contributed by atoms with van der Waals surface area (Å²) in [6, 6.07) is 3.26. The van der Waals surface area contributed by atoms with Crippen molar-refractivity contribution < 1.29 is 13.5 Å². The minimum atomic E-state index is -3.58. The Morgan fingerprint density at radius 1 is 1.30 bits per heavy atom. The lowest BCUT2D eigenvalue weighted by Gasteiger charge is -2.17. The second kappa shape index (κ2) is 7.02. The van der Waals surface area contributed by atoms with E-state index in [0.29, 0.717) is 22.5 Å². The van der Waals surface area contributed by atoms with E-state index in [4.69, 9.17) is 0 Å². The molecule has 0 aliphatic rings. The maximum absolute atomic E-state index is 12.4. The monoisotopic (exact) mass is 363 g/mol. The SMILES string of the molecule is Cc1cc(CO)cc(S(=O)(=O)NCC(C)C(C)C)c1Br. The van der Waals surface area contributed by atoms with Crippen LogP contribution in [0.4, 0.5) is 0 Å². The molecule has 0 saturated heterocycles. The first-order chi connectivity index (χ1) is 9.19. The van der Waals surface area contributed by atoms with E-state index in [-0.39, 0.29) is 17.4 Å². The molecule has 0 saturated carbocycles. The minimum Gasteiger partial charge on any atom is -0.392 e. The number of hydrogen-bond donors (Lipinski definition) is 2. The van der Waals surface area contributed by atoms with Gasteiger partial charge in [0.05, 0.1) is 11.5 Å². The first-order valence-electron chi connectivity index (χ1n) is 6.58. The molecule has 0 aliphatic carbocycles. The molecule has 4 nitrogen and oxygen atoms in total. The maximum atomic E-state index is 12.4. The maximum Gasteiger partial charge on any atom is 0.241 e. The van der Waals surface area contributed by atoms with E-state index < -0.39 is 10.0 Å². The number of aliphatic hydroxyl groups is 1. The van der Waals surface area contributed by atoms with Gasteiger partial charge in [0.1, 0.15) is 0 Å². The van der Waals surface area contributed by atoms with Crippen molar-refractivity contribution in [2.45, 2.75) is 39.2 Å². The third-order valence-corrected chi connectivity index (χ3v) is 6.25. The second-order valence-corrected chi connectivity index (χ2v) is 7.98. The van der Waals surface area contributed by atoms with Crippen LogP contribution in [0.5, 0.6) is 0 Å². The number of halogens is 1. The summed E-state index contributed by atoms with van der Waals surface area (Å²) in [7, 11) is -3.58. The van der Waals surface area contributed by atoms with Gasteiger partial charge < -0.3 is 5.11 Å². The van der Waals surface area contributed by atoms with Crippen LogP contribution in [0.1, 0.15) is 31.9 Å². The molecule has 0 spiro atoms. The highest BCUT2D eigenvalue weighted by Gasteiger charge is 2.21. The molecule has 1 unspecified atom stereocenters. The number of sulfonamides is 1. The summed E-state index contributed by atoms with van der Waals surface area (Å²) >= 11 is 3.31. The van der Waals surface area contributed by atoms with Crippen LogP contribution < -0.4 is 4.72 Å². The quantitative estimate of drug-likeness (QED) is 0.816. The summed E-state index contributed by atoms with van der Waals surface area (Å²) in [5, 5.41) is 9.20. The van der Waals surface area contributed by atoms with Gasteiger partial charge in [-0.3, -0.25) is 0 Å². The zero-order valence-electron chi connectivity index (χ0n) is 12.3. The lowest BCUT2D eigenvalue weighted by Crippen LogP contribution is -2.30. The van der Waals surface area contributed by atoms with Crippen molar-refractivity contribution in [3.8, 4) is 0 Å². The van der Waals surface area contributed by atoms with Crippen molar-refractivity contribution in [2.24, 2.45) is 11.8 Å². The van der Waals surface area contributed by atoms with Crippen LogP contribution >= 0.6 is 15.9 Å². The molecule has 0 heterocycles. The van der Waals surface area contributed by atoms with Gasteiger partial charge in [-0.2, -0.15) is 0 Å². The molecule has 0 radical (unpaired) electrons. The fraction of sp³-hybridized carbons (Fsp3) is 0.571. The van der Waals surface area contributed by atoms with Crippen molar-refractivity contribution in [3.63, 3.8) is 0 Å². The van der Waals surface area contributed by atoms with E-state index in [9.17, 15) is 13.5 Å². The van der Waals surface area contributed by atoms with Crippen LogP contribution in [-0.2, 0) is 16.6 Å². The normalized spacial score (nSPS) is 13.8. The highest BCUT2D eigenvalue weighted by atomic mass is 79.9. The molecule has 6 heteroatoms. The van der Waals surface area contributed by atoms with E-state index >= 15 is 0 Å². The first kappa shape index (κ1) is 17.6. The molecular weight excluding hydrogens is 342 g/mol. The van der Waals surface area contributed by atoms with Gasteiger partial charge in [-0.25, -0.2) is 13.1 Å². The summed E-state index contributed by atoms with van der Waals surface area (Å²) in [5.74, 6) is 0.664. The van der Waals surface area contributed by atoms with Crippen molar-refractivity contribution in [3.05, 3.63) is 27.7 Å². The Morgan fingerprint density at radius 3 is 2.40 bits per heavy atom. The van der Waals surface area contributed by atoms with Gasteiger partial charge in [-0.15, -0.1) is 0 Å². The molecule has 1 aromatic carbocycles. The number of benzene rings is 1. The van der Waals surface area contributed by atoms with E-state index in [2.05, 4.69) is 34.5 Å². The highest BCUT2D eigenvalue weighted by Crippen LogP contribution is 2.27. The van der Waals surface area contributed by atoms with Crippen LogP contribution in [0.3, 0.4) is 0 Å². The fourth-order valence-corrected chi connectivity index (χ4v) is 3.86. The smallest absolute Gasteiger partial charge is 0.241 e. The van der Waals surface area contributed by atoms with E-state index in [1.54, 1.807) is 13.0 Å². The summed E-state index contributed by atoms with van der Waals surface area (Å²) in [4.78, 5) is 0.178. The standard InChI is InChI=1S/C14H22BrNO3S/c1-9(2)11(4)7-16-20(18,19)13-6-12(8-17)5-10(3)14(13)15/h5-6,9,11,16-17H,7-8H2,1-4H3. The van der Waals surface area contributed by atoms with Crippen LogP contribution in [0.25, 0.3) is 0 Å². The number of rotatable bonds is 6. The zero-order valence-corrected chi connectivity index (χ0v) is 14.7. The Bertz CT molecular complexity index is 570. The molecule has 1 rings (SSSR count). The molecule has 1 atom stereocenters. The van der Waals surface area contributed by atoms with Gasteiger partial charge in [-0.05, 0) is 51.9 Å². The molecule has 0 bridgehead atoms. The third kappa shape index (κ3) is 4.28. The predicted molar refractivity (Wildman–Crippen MR) is 84.0 cm³/mol. The van der Waals surface area contributed by atoms with Crippen LogP contribution in [0, 0.1) is 18.8 Å². The van der Waals surface area contributed by atoms with Gasteiger partial charge >= 0.3 is 0 Å². The van der Waals surface area contributed by atoms with Crippen molar-refractivity contribution in [1.29, 1.82) is 0 Å². The molecule has 0 amide bonds. The lowest BCUT2D eigenvalue weighted by atomic mass is 9.99. The number of aliphatic hydroxyl groups excluding tert-OH is 1. The summed E-state index contributed by atoms with van der Waals surface area (Å²) < 4.78 is 27.9. The zero-order chi connectivity index (χ0) is 15.5. The number of nitrogens with one attached hydrogen (secondary N) is 1. The van der Waals surface area contributed by atoms with Crippen LogP contribution in [0.2, 0.25) is 0 Å². The molecule has 0 aromatic heterocycles. The molecule has 0 fully saturated rings. The van der Waals surface area contributed by atoms with E-state index in [1.807, 2.05) is 6.92 Å². The fourth-order valence-electron chi connectivity index (χ4n) is 1.65. The highest BCUT2D eigenvalue weighted by molar-refractivity contribution is 9.10. The van der Waals surface area contributed by atoms with Gasteiger partial charge in [0.25, 0.3) is 0 Å². The Balaban J connectivity index is 3.06. The Labute approximate surface area is 129 Å². The van der Waals surface area contributed by atoms with Crippen molar-refractivity contribution in [2.75, 3.05) is 6.54 Å². The summed E-state index contributed by atoms with van der Waals surface area (Å²) in [6.45, 7) is 8.15. The number of aryl methyl sites for hydroxylation is 1. The molecule has 2 N–H and O–H groups in total. The van der Waals surface area contributed by atoms with Gasteiger partial charge in [0, 0.05) is 11.0 Å². The average molecular weight is 364 g/mol. The van der Waals surface area contributed by atoms with Gasteiger partial charge in [-0.1, -0.05) is 26.8 Å². The Kier molecular flexibility index (Phi) is 6.19. The Hall–Kier alpha value is -0.430. The summed E-state index contributed by atoms with van der Waals surface area (Å²) in [6.07, 6.45) is 0. The third-order valence-electron chi connectivity index (χ3n) is 3.49. The Morgan fingerprint density at radius 2 is 1.90 bits per heavy atom. The van der Waals surface area contributed by atoms with E-state index in [0.717, 1.165) is 5.56 Å². The van der Waals surface area contributed by atoms with Crippen molar-refractivity contribution >= 4 is 26.0 Å². The minimum absolute atomic E-state index is 0.178. The van der Waals surface area contributed by atoms with Gasteiger partial charge in [0.15, 0.2) is 0 Å². The van der Waals surface area contributed by atoms with Gasteiger partial charge in [0.2, 0.25) is 10.0 Å². The van der Waals surface area contributed by atoms with Crippen LogP contribution in [-0.4, -0.2) is 20.1 Å². The molecule has 114 valence electrons. The molecule has 1 aromatic rings. The predicted octanol–water partition coefficient (Wildman–Crippen LogP) is 2.82. The lowest BCUT2D eigenvalue weighted by molar-refractivity contribution is 0.281. The van der Waals surface area contributed by atoms with Crippen LogP contribution in [0.15, 0.2) is 21.5 Å².